The van der Waals surface area contributed by atoms with E-state index in [-0.39, 0.29) is 11.7 Å². The second-order valence-corrected chi connectivity index (χ2v) is 8.03. The molecule has 0 radical (unpaired) electrons. The van der Waals surface area contributed by atoms with Crippen LogP contribution in [0, 0.1) is 6.92 Å². The summed E-state index contributed by atoms with van der Waals surface area (Å²) in [7, 11) is -3.08. The van der Waals surface area contributed by atoms with E-state index in [0.717, 1.165) is 10.0 Å². The Morgan fingerprint density at radius 1 is 1.27 bits per heavy atom. The Hall–Kier alpha value is -1.73. The first-order valence-electron chi connectivity index (χ1n) is 6.45. The Morgan fingerprint density at radius 2 is 1.91 bits per heavy atom. The number of hydrogen-bond donors (Lipinski definition) is 1. The molecule has 0 bridgehead atoms. The van der Waals surface area contributed by atoms with Crippen molar-refractivity contribution >= 4 is 37.5 Å². The van der Waals surface area contributed by atoms with Gasteiger partial charge in [-0.3, -0.25) is 4.79 Å². The van der Waals surface area contributed by atoms with Crippen molar-refractivity contribution in [1.29, 1.82) is 0 Å². The summed E-state index contributed by atoms with van der Waals surface area (Å²) < 4.78 is 23.3. The molecule has 0 aliphatic heterocycles. The number of nitrogens with one attached hydrogen (secondary N) is 1. The number of sulfone groups is 1. The fraction of sp³-hybridized carbons (Fsp3) is 0.200. The quantitative estimate of drug-likeness (QED) is 0.881. The molecule has 0 fully saturated rings. The van der Waals surface area contributed by atoms with Crippen LogP contribution >= 0.6 is 15.9 Å². The molecule has 116 valence electrons. The Kier molecular flexibility index (Phi) is 4.97. The molecule has 0 unspecified atom stereocenters. The monoisotopic (exact) mass is 382 g/mol. The van der Waals surface area contributed by atoms with Gasteiger partial charge in [0.05, 0.1) is 5.75 Å². The molecule has 2 aromatic rings. The Balaban J connectivity index is 2.11. The Morgan fingerprint density at radius 3 is 2.45 bits per heavy atom. The molecular weight excluding hydrogens is 368 g/mol. The number of anilines is 1. The maximum atomic E-state index is 12.1. The highest BCUT2D eigenvalue weighted by Gasteiger charge is 2.09. The molecule has 5 nitrogen and oxygen atoms in total. The lowest BCUT2D eigenvalue weighted by Gasteiger charge is -2.07. The number of carbonyl (C=O) groups excluding carboxylic acids is 1. The van der Waals surface area contributed by atoms with Crippen molar-refractivity contribution in [3.8, 4) is 0 Å². The molecule has 1 N–H and O–H groups in total. The molecule has 2 rings (SSSR count). The van der Waals surface area contributed by atoms with Gasteiger partial charge in [0.1, 0.15) is 5.82 Å². The second-order valence-electron chi connectivity index (χ2n) is 5.04. The minimum atomic E-state index is -3.08. The third kappa shape index (κ3) is 4.64. The zero-order chi connectivity index (χ0) is 16.3. The second kappa shape index (κ2) is 6.58. The van der Waals surface area contributed by atoms with Gasteiger partial charge in [-0.15, -0.1) is 0 Å². The number of aromatic nitrogens is 1. The van der Waals surface area contributed by atoms with Gasteiger partial charge < -0.3 is 5.32 Å². The molecule has 7 heteroatoms. The van der Waals surface area contributed by atoms with Crippen molar-refractivity contribution in [2.24, 2.45) is 0 Å². The maximum Gasteiger partial charge on any atom is 0.256 e. The zero-order valence-electron chi connectivity index (χ0n) is 12.1. The summed E-state index contributed by atoms with van der Waals surface area (Å²) in [5, 5.41) is 2.70. The third-order valence-electron chi connectivity index (χ3n) is 2.93. The van der Waals surface area contributed by atoms with Crippen molar-refractivity contribution in [1.82, 2.24) is 4.98 Å². The fourth-order valence-corrected chi connectivity index (χ4v) is 2.87. The van der Waals surface area contributed by atoms with E-state index in [1.54, 1.807) is 36.5 Å². The standard InChI is InChI=1S/C15H15BrN2O3S/c1-10-7-14(17-8-13(10)16)18-15(19)12-5-3-11(4-6-12)9-22(2,20)21/h3-8H,9H2,1-2H3,(H,17,18,19). The highest BCUT2D eigenvalue weighted by molar-refractivity contribution is 9.10. The van der Waals surface area contributed by atoms with Gasteiger partial charge in [-0.2, -0.15) is 0 Å². The van der Waals surface area contributed by atoms with E-state index in [1.165, 1.54) is 6.26 Å². The molecule has 0 aliphatic rings. The number of pyridine rings is 1. The molecule has 0 aliphatic carbocycles. The molecular formula is C15H15BrN2O3S. The number of aryl methyl sites for hydroxylation is 1. The lowest BCUT2D eigenvalue weighted by molar-refractivity contribution is 0.102. The van der Waals surface area contributed by atoms with E-state index in [9.17, 15) is 13.2 Å². The van der Waals surface area contributed by atoms with Crippen LogP contribution in [0.2, 0.25) is 0 Å². The van der Waals surface area contributed by atoms with Gasteiger partial charge in [0.25, 0.3) is 5.91 Å². The Labute approximate surface area is 137 Å². The first-order valence-corrected chi connectivity index (χ1v) is 9.30. The number of nitrogens with zero attached hydrogens (tertiary/aromatic N) is 1. The van der Waals surface area contributed by atoms with Gasteiger partial charge in [-0.05, 0) is 52.2 Å². The van der Waals surface area contributed by atoms with Crippen LogP contribution in [0.15, 0.2) is 41.0 Å². The van der Waals surface area contributed by atoms with Crippen LogP contribution in [0.3, 0.4) is 0 Å². The molecule has 0 atom stereocenters. The summed E-state index contributed by atoms with van der Waals surface area (Å²) in [6.45, 7) is 1.90. The summed E-state index contributed by atoms with van der Waals surface area (Å²) in [4.78, 5) is 16.2. The number of benzene rings is 1. The summed E-state index contributed by atoms with van der Waals surface area (Å²) >= 11 is 3.35. The molecule has 1 heterocycles. The van der Waals surface area contributed by atoms with Gasteiger partial charge in [0.2, 0.25) is 0 Å². The summed E-state index contributed by atoms with van der Waals surface area (Å²) in [5.74, 6) is 0.133. The van der Waals surface area contributed by atoms with Crippen molar-refractivity contribution < 1.29 is 13.2 Å². The van der Waals surface area contributed by atoms with Gasteiger partial charge in [0.15, 0.2) is 9.84 Å². The van der Waals surface area contributed by atoms with E-state index in [2.05, 4.69) is 26.2 Å². The van der Waals surface area contributed by atoms with Crippen LogP contribution in [0.4, 0.5) is 5.82 Å². The molecule has 0 spiro atoms. The lowest BCUT2D eigenvalue weighted by Crippen LogP contribution is -2.13. The summed E-state index contributed by atoms with van der Waals surface area (Å²) in [6, 6.07) is 8.23. The average Bonchev–Trinajstić information content (AvgIpc) is 2.42. The molecule has 22 heavy (non-hydrogen) atoms. The Bertz CT molecular complexity index is 802. The molecule has 1 aromatic heterocycles. The van der Waals surface area contributed by atoms with Crippen LogP contribution in [0.5, 0.6) is 0 Å². The van der Waals surface area contributed by atoms with E-state index >= 15 is 0 Å². The van der Waals surface area contributed by atoms with Crippen LogP contribution in [-0.2, 0) is 15.6 Å². The van der Waals surface area contributed by atoms with Gasteiger partial charge in [-0.1, -0.05) is 12.1 Å². The van der Waals surface area contributed by atoms with E-state index in [4.69, 9.17) is 0 Å². The van der Waals surface area contributed by atoms with Crippen molar-refractivity contribution in [3.05, 3.63) is 57.7 Å². The molecule has 0 saturated heterocycles. The highest BCUT2D eigenvalue weighted by Crippen LogP contribution is 2.18. The third-order valence-corrected chi connectivity index (χ3v) is 4.62. The van der Waals surface area contributed by atoms with Crippen LogP contribution < -0.4 is 5.32 Å². The summed E-state index contributed by atoms with van der Waals surface area (Å²) in [5.41, 5.74) is 2.06. The zero-order valence-corrected chi connectivity index (χ0v) is 14.5. The highest BCUT2D eigenvalue weighted by atomic mass is 79.9. The van der Waals surface area contributed by atoms with Gasteiger partial charge >= 0.3 is 0 Å². The normalized spacial score (nSPS) is 11.2. The van der Waals surface area contributed by atoms with E-state index < -0.39 is 9.84 Å². The van der Waals surface area contributed by atoms with Gasteiger partial charge in [0, 0.05) is 22.5 Å². The number of rotatable bonds is 4. The average molecular weight is 383 g/mol. The first-order chi connectivity index (χ1) is 10.2. The van der Waals surface area contributed by atoms with Crippen molar-refractivity contribution in [3.63, 3.8) is 0 Å². The van der Waals surface area contributed by atoms with E-state index in [0.29, 0.717) is 16.9 Å². The van der Waals surface area contributed by atoms with Crippen LogP contribution in [0.25, 0.3) is 0 Å². The van der Waals surface area contributed by atoms with Crippen molar-refractivity contribution in [2.45, 2.75) is 12.7 Å². The predicted octanol–water partition coefficient (Wildman–Crippen LogP) is 2.95. The molecule has 1 aromatic carbocycles. The summed E-state index contributed by atoms with van der Waals surface area (Å²) in [6.07, 6.45) is 2.80. The predicted molar refractivity (Wildman–Crippen MR) is 89.6 cm³/mol. The van der Waals surface area contributed by atoms with Gasteiger partial charge in [-0.25, -0.2) is 13.4 Å². The number of amides is 1. The van der Waals surface area contributed by atoms with Crippen LogP contribution in [0.1, 0.15) is 21.5 Å². The SMILES string of the molecule is Cc1cc(NC(=O)c2ccc(CS(C)(=O)=O)cc2)ncc1Br. The topological polar surface area (TPSA) is 76.1 Å². The first kappa shape index (κ1) is 16.6. The maximum absolute atomic E-state index is 12.1. The number of halogens is 1. The van der Waals surface area contributed by atoms with Crippen LogP contribution in [-0.4, -0.2) is 25.6 Å². The number of carbonyl (C=O) groups is 1. The molecule has 0 saturated carbocycles. The van der Waals surface area contributed by atoms with E-state index in [1.807, 2.05) is 6.92 Å². The lowest BCUT2D eigenvalue weighted by atomic mass is 10.1. The fourth-order valence-electron chi connectivity index (χ4n) is 1.85. The smallest absolute Gasteiger partial charge is 0.256 e. The largest absolute Gasteiger partial charge is 0.307 e. The number of hydrogen-bond acceptors (Lipinski definition) is 4. The van der Waals surface area contributed by atoms with Crippen molar-refractivity contribution in [2.75, 3.05) is 11.6 Å². The molecule has 1 amide bonds. The minimum absolute atomic E-state index is 0.0393. The minimum Gasteiger partial charge on any atom is -0.307 e.